The fourth-order valence-corrected chi connectivity index (χ4v) is 5.35. The average Bonchev–Trinajstić information content (AvgIpc) is 2.89. The maximum absolute atomic E-state index is 13.3. The summed E-state index contributed by atoms with van der Waals surface area (Å²) in [6.07, 6.45) is 5.44. The molecule has 0 fully saturated rings. The first-order valence-corrected chi connectivity index (χ1v) is 11.5. The topological polar surface area (TPSA) is 53.2 Å². The molecular formula is C24H25N3OS2. The Morgan fingerprint density at radius 2 is 1.67 bits per heavy atom. The first kappa shape index (κ1) is 20.6. The van der Waals surface area contributed by atoms with Crippen molar-refractivity contribution in [2.24, 2.45) is 0 Å². The molecular weight excluding hydrogens is 410 g/mol. The van der Waals surface area contributed by atoms with Gasteiger partial charge in [-0.1, -0.05) is 36.8 Å². The van der Waals surface area contributed by atoms with Gasteiger partial charge in [0.05, 0.1) is 5.56 Å². The van der Waals surface area contributed by atoms with Crippen molar-refractivity contribution in [3.05, 3.63) is 76.2 Å². The normalized spacial score (nSPS) is 13.1. The number of fused-ring (bicyclic) bond motifs is 1. The van der Waals surface area contributed by atoms with Crippen molar-refractivity contribution in [1.82, 2.24) is 0 Å². The minimum Gasteiger partial charge on any atom is -0.332 e. The summed E-state index contributed by atoms with van der Waals surface area (Å²) in [7, 11) is 0. The Morgan fingerprint density at radius 3 is 2.47 bits per heavy atom. The molecule has 1 amide bonds. The Hall–Kier alpha value is -2.70. The summed E-state index contributed by atoms with van der Waals surface area (Å²) in [5.41, 5.74) is 4.75. The molecule has 2 aromatic carbocycles. The molecule has 0 saturated heterocycles. The van der Waals surface area contributed by atoms with E-state index >= 15 is 0 Å². The number of aryl methyl sites for hydroxylation is 2. The second-order valence-electron chi connectivity index (χ2n) is 7.54. The molecule has 1 heterocycles. The van der Waals surface area contributed by atoms with Gasteiger partial charge in [0.1, 0.15) is 5.00 Å². The van der Waals surface area contributed by atoms with Gasteiger partial charge in [0, 0.05) is 16.3 Å². The van der Waals surface area contributed by atoms with Gasteiger partial charge in [-0.3, -0.25) is 4.79 Å². The highest BCUT2D eigenvalue weighted by atomic mass is 32.1. The second kappa shape index (κ2) is 9.41. The predicted molar refractivity (Wildman–Crippen MR) is 131 cm³/mol. The highest BCUT2D eigenvalue weighted by Gasteiger charge is 2.25. The molecule has 0 aliphatic heterocycles. The molecule has 1 aromatic heterocycles. The lowest BCUT2D eigenvalue weighted by Crippen LogP contribution is -2.21. The molecule has 3 N–H and O–H groups in total. The molecule has 0 spiro atoms. The van der Waals surface area contributed by atoms with E-state index in [1.54, 1.807) is 11.3 Å². The molecule has 1 aliphatic rings. The Bertz CT molecular complexity index is 1060. The van der Waals surface area contributed by atoms with Gasteiger partial charge in [0.25, 0.3) is 5.91 Å². The van der Waals surface area contributed by atoms with Crippen LogP contribution in [0.5, 0.6) is 0 Å². The molecule has 0 bridgehead atoms. The number of carbonyl (C=O) groups is 1. The summed E-state index contributed by atoms with van der Waals surface area (Å²) in [5, 5.41) is 10.9. The van der Waals surface area contributed by atoms with E-state index in [-0.39, 0.29) is 5.91 Å². The maximum atomic E-state index is 13.3. The van der Waals surface area contributed by atoms with Crippen LogP contribution in [-0.4, -0.2) is 11.0 Å². The van der Waals surface area contributed by atoms with E-state index in [0.29, 0.717) is 5.11 Å². The van der Waals surface area contributed by atoms with Gasteiger partial charge < -0.3 is 16.0 Å². The number of benzene rings is 2. The fraction of sp³-hybridized carbons (Fsp3) is 0.250. The number of hydrogen-bond donors (Lipinski definition) is 3. The van der Waals surface area contributed by atoms with Gasteiger partial charge in [-0.05, 0) is 80.2 Å². The van der Waals surface area contributed by atoms with Crippen LogP contribution in [0.3, 0.4) is 0 Å². The van der Waals surface area contributed by atoms with E-state index in [2.05, 4.69) is 16.0 Å². The van der Waals surface area contributed by atoms with Crippen molar-refractivity contribution in [1.29, 1.82) is 0 Å². The lowest BCUT2D eigenvalue weighted by Gasteiger charge is -2.13. The zero-order valence-corrected chi connectivity index (χ0v) is 18.6. The number of thiocarbonyl (C=S) groups is 1. The minimum absolute atomic E-state index is 0.0787. The third-order valence-electron chi connectivity index (χ3n) is 5.18. The number of hydrogen-bond acceptors (Lipinski definition) is 3. The van der Waals surface area contributed by atoms with E-state index < -0.39 is 0 Å². The van der Waals surface area contributed by atoms with E-state index in [4.69, 9.17) is 12.2 Å². The molecule has 4 nitrogen and oxygen atoms in total. The van der Waals surface area contributed by atoms with Crippen LogP contribution in [-0.2, 0) is 12.8 Å². The monoisotopic (exact) mass is 435 g/mol. The van der Waals surface area contributed by atoms with Crippen LogP contribution < -0.4 is 16.0 Å². The zero-order valence-electron chi connectivity index (χ0n) is 17.0. The first-order valence-electron chi connectivity index (χ1n) is 10.3. The van der Waals surface area contributed by atoms with Gasteiger partial charge in [0.15, 0.2) is 5.11 Å². The Labute approximate surface area is 186 Å². The molecule has 1 aliphatic carbocycles. The van der Waals surface area contributed by atoms with Crippen molar-refractivity contribution >= 4 is 51.0 Å². The summed E-state index contributed by atoms with van der Waals surface area (Å²) in [4.78, 5) is 14.6. The van der Waals surface area contributed by atoms with Crippen molar-refractivity contribution in [3.8, 4) is 0 Å². The quantitative estimate of drug-likeness (QED) is 0.328. The van der Waals surface area contributed by atoms with Crippen LogP contribution >= 0.6 is 23.6 Å². The zero-order chi connectivity index (χ0) is 20.9. The average molecular weight is 436 g/mol. The van der Waals surface area contributed by atoms with Crippen LogP contribution in [0.15, 0.2) is 54.6 Å². The standard InChI is InChI=1S/C24H25N3OS2/c1-16-9-8-12-18(15-16)25-22(28)21-19-13-6-3-7-14-20(19)30-23(21)27-24(29)26-17-10-4-2-5-11-17/h2,4-5,8-12,15H,3,6-7,13-14H2,1H3,(H,25,28)(H2,26,27,29). The lowest BCUT2D eigenvalue weighted by atomic mass is 10.0. The maximum Gasteiger partial charge on any atom is 0.258 e. The van der Waals surface area contributed by atoms with Gasteiger partial charge in [-0.25, -0.2) is 0 Å². The third kappa shape index (κ3) is 4.89. The number of para-hydroxylation sites is 1. The predicted octanol–water partition coefficient (Wildman–Crippen LogP) is 6.39. The second-order valence-corrected chi connectivity index (χ2v) is 9.05. The van der Waals surface area contributed by atoms with E-state index in [1.165, 1.54) is 23.3 Å². The minimum atomic E-state index is -0.0787. The highest BCUT2D eigenvalue weighted by molar-refractivity contribution is 7.80. The third-order valence-corrected chi connectivity index (χ3v) is 6.59. The molecule has 3 aromatic rings. The summed E-state index contributed by atoms with van der Waals surface area (Å²) in [6.45, 7) is 2.02. The molecule has 30 heavy (non-hydrogen) atoms. The summed E-state index contributed by atoms with van der Waals surface area (Å²) in [6, 6.07) is 17.7. The summed E-state index contributed by atoms with van der Waals surface area (Å²) >= 11 is 7.19. The molecule has 0 atom stereocenters. The SMILES string of the molecule is Cc1cccc(NC(=O)c2c(NC(=S)Nc3ccccc3)sc3c2CCCCC3)c1. The van der Waals surface area contributed by atoms with Crippen molar-refractivity contribution in [2.75, 3.05) is 16.0 Å². The van der Waals surface area contributed by atoms with Gasteiger partial charge in [-0.15, -0.1) is 11.3 Å². The Balaban J connectivity index is 1.61. The number of thiophene rings is 1. The number of carbonyl (C=O) groups excluding carboxylic acids is 1. The number of anilines is 3. The molecule has 0 saturated carbocycles. The number of amides is 1. The van der Waals surface area contributed by atoms with Crippen LogP contribution in [0.2, 0.25) is 0 Å². The van der Waals surface area contributed by atoms with Crippen LogP contribution in [0.1, 0.15) is 45.6 Å². The van der Waals surface area contributed by atoms with Crippen LogP contribution in [0.25, 0.3) is 0 Å². The number of rotatable bonds is 4. The molecule has 154 valence electrons. The Kier molecular flexibility index (Phi) is 6.45. The lowest BCUT2D eigenvalue weighted by molar-refractivity contribution is 0.102. The van der Waals surface area contributed by atoms with E-state index in [0.717, 1.165) is 46.8 Å². The highest BCUT2D eigenvalue weighted by Crippen LogP contribution is 2.38. The summed E-state index contributed by atoms with van der Waals surface area (Å²) < 4.78 is 0. The van der Waals surface area contributed by atoms with Crippen molar-refractivity contribution in [2.45, 2.75) is 39.0 Å². The Morgan fingerprint density at radius 1 is 0.900 bits per heavy atom. The molecule has 0 radical (unpaired) electrons. The largest absolute Gasteiger partial charge is 0.332 e. The fourth-order valence-electron chi connectivity index (χ4n) is 3.77. The van der Waals surface area contributed by atoms with Crippen molar-refractivity contribution < 1.29 is 4.79 Å². The first-order chi connectivity index (χ1) is 14.6. The van der Waals surface area contributed by atoms with Crippen LogP contribution in [0, 0.1) is 6.92 Å². The van der Waals surface area contributed by atoms with Gasteiger partial charge in [0.2, 0.25) is 0 Å². The summed E-state index contributed by atoms with van der Waals surface area (Å²) in [5.74, 6) is -0.0787. The van der Waals surface area contributed by atoms with E-state index in [1.807, 2.05) is 61.5 Å². The van der Waals surface area contributed by atoms with Gasteiger partial charge >= 0.3 is 0 Å². The van der Waals surface area contributed by atoms with Crippen LogP contribution in [0.4, 0.5) is 16.4 Å². The molecule has 0 unspecified atom stereocenters. The molecule has 4 rings (SSSR count). The van der Waals surface area contributed by atoms with Crippen molar-refractivity contribution in [3.63, 3.8) is 0 Å². The van der Waals surface area contributed by atoms with E-state index in [9.17, 15) is 4.79 Å². The molecule has 6 heteroatoms. The van der Waals surface area contributed by atoms with Gasteiger partial charge in [-0.2, -0.15) is 0 Å². The number of nitrogens with one attached hydrogen (secondary N) is 3. The smallest absolute Gasteiger partial charge is 0.258 e.